The van der Waals surface area contributed by atoms with Gasteiger partial charge in [0, 0.05) is 48.5 Å². The molecule has 1 saturated heterocycles. The van der Waals surface area contributed by atoms with E-state index in [1.54, 1.807) is 0 Å². The first-order valence-corrected chi connectivity index (χ1v) is 12.7. The van der Waals surface area contributed by atoms with Gasteiger partial charge in [-0.15, -0.1) is 0 Å². The second-order valence-electron chi connectivity index (χ2n) is 10.2. The number of aromatic nitrogens is 2. The van der Waals surface area contributed by atoms with Crippen molar-refractivity contribution in [3.8, 4) is 0 Å². The first-order chi connectivity index (χ1) is 17.7. The summed E-state index contributed by atoms with van der Waals surface area (Å²) in [5.74, 6) is -3.60. The van der Waals surface area contributed by atoms with Crippen molar-refractivity contribution in [2.24, 2.45) is 5.92 Å². The lowest BCUT2D eigenvalue weighted by Crippen LogP contribution is -2.47. The van der Waals surface area contributed by atoms with Crippen LogP contribution >= 0.6 is 0 Å². The molecule has 37 heavy (non-hydrogen) atoms. The fourth-order valence-electron chi connectivity index (χ4n) is 5.87. The van der Waals surface area contributed by atoms with Crippen molar-refractivity contribution in [1.82, 2.24) is 15.1 Å². The van der Waals surface area contributed by atoms with Crippen LogP contribution < -0.4 is 10.9 Å². The van der Waals surface area contributed by atoms with Crippen molar-refractivity contribution in [1.29, 1.82) is 0 Å². The average Bonchev–Trinajstić information content (AvgIpc) is 2.86. The minimum absolute atomic E-state index is 0.00198. The minimum Gasteiger partial charge on any atom is -0.381 e. The number of halogens is 5. The molecule has 1 atom stereocenters. The smallest absolute Gasteiger partial charge is 0.272 e. The highest BCUT2D eigenvalue weighted by molar-refractivity contribution is 5.96. The van der Waals surface area contributed by atoms with Gasteiger partial charge in [0.15, 0.2) is 0 Å². The molecule has 3 heterocycles. The number of nitrogens with one attached hydrogen (secondary N) is 2. The van der Waals surface area contributed by atoms with Gasteiger partial charge in [0.05, 0.1) is 11.1 Å². The van der Waals surface area contributed by atoms with Gasteiger partial charge in [-0.1, -0.05) is 6.07 Å². The summed E-state index contributed by atoms with van der Waals surface area (Å²) in [6.45, 7) is 1.81. The Balaban J connectivity index is 0.000000301. The number of anilines is 1. The molecule has 0 spiro atoms. The van der Waals surface area contributed by atoms with Gasteiger partial charge in [-0.2, -0.15) is 5.10 Å². The van der Waals surface area contributed by atoms with Crippen LogP contribution in [-0.4, -0.2) is 46.2 Å². The quantitative estimate of drug-likeness (QED) is 0.429. The van der Waals surface area contributed by atoms with E-state index in [2.05, 4.69) is 20.4 Å². The molecular formula is C27H29F5N4O. The highest BCUT2D eigenvalue weighted by Crippen LogP contribution is 2.38. The van der Waals surface area contributed by atoms with Crippen molar-refractivity contribution in [2.75, 3.05) is 18.4 Å². The number of piperidine rings is 1. The molecule has 2 N–H and O–H groups in total. The van der Waals surface area contributed by atoms with Gasteiger partial charge in [0.2, 0.25) is 5.92 Å². The lowest BCUT2D eigenvalue weighted by Gasteiger charge is -2.43. The van der Waals surface area contributed by atoms with Gasteiger partial charge in [-0.3, -0.25) is 4.79 Å². The molecule has 0 radical (unpaired) electrons. The number of hydrogen-bond acceptors (Lipinski definition) is 4. The number of nitrogens with zero attached hydrogens (tertiary/aromatic N) is 2. The molecular weight excluding hydrogens is 491 g/mol. The molecule has 2 aromatic carbocycles. The lowest BCUT2D eigenvalue weighted by molar-refractivity contribution is -0.0569. The number of benzene rings is 2. The van der Waals surface area contributed by atoms with E-state index in [-0.39, 0.29) is 30.5 Å². The van der Waals surface area contributed by atoms with Crippen LogP contribution in [0.1, 0.15) is 44.2 Å². The zero-order valence-electron chi connectivity index (χ0n) is 20.3. The van der Waals surface area contributed by atoms with Crippen LogP contribution in [-0.2, 0) is 6.42 Å². The maximum atomic E-state index is 14.0. The fraction of sp³-hybridized carbons (Fsp3) is 0.481. The molecule has 5 nitrogen and oxygen atoms in total. The molecule has 6 rings (SSSR count). The largest absolute Gasteiger partial charge is 0.381 e. The monoisotopic (exact) mass is 520 g/mol. The van der Waals surface area contributed by atoms with E-state index < -0.39 is 23.4 Å². The SMILES string of the molecule is Fc1cccc(F)c1.O=c1[nH]nc2c3c(cc(F)cc13)NC(C1CCN(C3CCC(F)(F)CC3)CC1)C2. The summed E-state index contributed by atoms with van der Waals surface area (Å²) in [4.78, 5) is 14.4. The molecule has 2 fully saturated rings. The molecule has 2 aliphatic heterocycles. The zero-order chi connectivity index (χ0) is 26.2. The van der Waals surface area contributed by atoms with E-state index in [9.17, 15) is 26.7 Å². The van der Waals surface area contributed by atoms with Crippen molar-refractivity contribution in [3.63, 3.8) is 0 Å². The van der Waals surface area contributed by atoms with Gasteiger partial charge < -0.3 is 10.2 Å². The predicted octanol–water partition coefficient (Wildman–Crippen LogP) is 5.65. The maximum Gasteiger partial charge on any atom is 0.272 e. The number of alkyl halides is 2. The summed E-state index contributed by atoms with van der Waals surface area (Å²) in [5, 5.41) is 11.2. The molecule has 1 saturated carbocycles. The summed E-state index contributed by atoms with van der Waals surface area (Å²) >= 11 is 0. The Kier molecular flexibility index (Phi) is 7.20. The molecule has 0 bridgehead atoms. The van der Waals surface area contributed by atoms with Gasteiger partial charge in [-0.05, 0) is 69.0 Å². The van der Waals surface area contributed by atoms with E-state index in [0.29, 0.717) is 41.6 Å². The standard InChI is InChI=1S/C21H25F3N4O.C6H4F2/c22-13-9-15-19-17(10-13)25-16(11-18(19)26-27-20(15)29)12-3-7-28(8-4-12)14-1-5-21(23,24)6-2-14;7-5-2-1-3-6(8)4-5/h9-10,12,14,16,25H,1-8,11H2,(H,27,29);1-4H. The van der Waals surface area contributed by atoms with Crippen LogP contribution in [0.4, 0.5) is 27.6 Å². The fourth-order valence-corrected chi connectivity index (χ4v) is 5.87. The number of rotatable bonds is 2. The molecule has 3 aliphatic rings. The molecule has 10 heteroatoms. The summed E-state index contributed by atoms with van der Waals surface area (Å²) in [7, 11) is 0. The Hall–Kier alpha value is -3.01. The Bertz CT molecular complexity index is 1290. The first kappa shape index (κ1) is 25.6. The third-order valence-corrected chi connectivity index (χ3v) is 7.82. The third kappa shape index (κ3) is 5.79. The number of aromatic amines is 1. The lowest BCUT2D eigenvalue weighted by atomic mass is 9.82. The summed E-state index contributed by atoms with van der Waals surface area (Å²) in [6.07, 6.45) is 3.78. The summed E-state index contributed by atoms with van der Waals surface area (Å²) < 4.78 is 64.8. The zero-order valence-corrected chi connectivity index (χ0v) is 20.3. The Morgan fingerprint density at radius 1 is 0.919 bits per heavy atom. The molecule has 1 aliphatic carbocycles. The van der Waals surface area contributed by atoms with Crippen LogP contribution in [0, 0.1) is 23.4 Å². The van der Waals surface area contributed by atoms with Gasteiger partial charge >= 0.3 is 0 Å². The third-order valence-electron chi connectivity index (χ3n) is 7.82. The Morgan fingerprint density at radius 2 is 1.59 bits per heavy atom. The van der Waals surface area contributed by atoms with E-state index in [4.69, 9.17) is 0 Å². The molecule has 1 aromatic heterocycles. The summed E-state index contributed by atoms with van der Waals surface area (Å²) in [5.41, 5.74) is 1.06. The second kappa shape index (κ2) is 10.4. The molecule has 198 valence electrons. The van der Waals surface area contributed by atoms with E-state index in [1.807, 2.05) is 0 Å². The Morgan fingerprint density at radius 3 is 2.22 bits per heavy atom. The van der Waals surface area contributed by atoms with E-state index in [0.717, 1.165) is 37.7 Å². The van der Waals surface area contributed by atoms with Gasteiger partial charge in [-0.25, -0.2) is 27.1 Å². The molecule has 0 amide bonds. The van der Waals surface area contributed by atoms with Gasteiger partial charge in [0.25, 0.3) is 5.56 Å². The maximum absolute atomic E-state index is 14.0. The normalized spacial score (nSPS) is 22.2. The molecule has 3 aromatic rings. The number of H-pyrrole nitrogens is 1. The second-order valence-corrected chi connectivity index (χ2v) is 10.2. The van der Waals surface area contributed by atoms with Crippen LogP contribution in [0.25, 0.3) is 10.8 Å². The van der Waals surface area contributed by atoms with E-state index >= 15 is 0 Å². The number of likely N-dealkylation sites (tertiary alicyclic amines) is 1. The van der Waals surface area contributed by atoms with E-state index in [1.165, 1.54) is 30.3 Å². The minimum atomic E-state index is -2.49. The Labute approximate surface area is 211 Å². The summed E-state index contributed by atoms with van der Waals surface area (Å²) in [6, 6.07) is 7.65. The van der Waals surface area contributed by atoms with Gasteiger partial charge in [0.1, 0.15) is 17.5 Å². The van der Waals surface area contributed by atoms with Crippen molar-refractivity contribution in [2.45, 2.75) is 63.0 Å². The van der Waals surface area contributed by atoms with Crippen molar-refractivity contribution in [3.05, 3.63) is 69.9 Å². The first-order valence-electron chi connectivity index (χ1n) is 12.7. The topological polar surface area (TPSA) is 61.0 Å². The highest BCUT2D eigenvalue weighted by Gasteiger charge is 2.39. The van der Waals surface area contributed by atoms with Crippen LogP contribution in [0.5, 0.6) is 0 Å². The van der Waals surface area contributed by atoms with Crippen LogP contribution in [0.15, 0.2) is 41.2 Å². The van der Waals surface area contributed by atoms with Crippen molar-refractivity contribution >= 4 is 16.5 Å². The van der Waals surface area contributed by atoms with Crippen LogP contribution in [0.2, 0.25) is 0 Å². The van der Waals surface area contributed by atoms with Crippen molar-refractivity contribution < 1.29 is 22.0 Å². The molecule has 1 unspecified atom stereocenters. The number of hydrogen-bond donors (Lipinski definition) is 2. The highest BCUT2D eigenvalue weighted by atomic mass is 19.3. The average molecular weight is 521 g/mol. The van der Waals surface area contributed by atoms with Crippen LogP contribution in [0.3, 0.4) is 0 Å². The predicted molar refractivity (Wildman–Crippen MR) is 131 cm³/mol.